The second kappa shape index (κ2) is 4.37. The lowest BCUT2D eigenvalue weighted by Crippen LogP contribution is -1.93. The van der Waals surface area contributed by atoms with Crippen LogP contribution in [0.25, 0.3) is 0 Å². The maximum atomic E-state index is 10.7. The summed E-state index contributed by atoms with van der Waals surface area (Å²) in [6.07, 6.45) is 2.02. The molecule has 0 aromatic heterocycles. The molecule has 1 aromatic rings. The van der Waals surface area contributed by atoms with Crippen LogP contribution in [0.5, 0.6) is 0 Å². The minimum absolute atomic E-state index is 0.0327. The Hall–Kier alpha value is -1.16. The van der Waals surface area contributed by atoms with Gasteiger partial charge in [0.1, 0.15) is 0 Å². The molecule has 1 aromatic carbocycles. The van der Waals surface area contributed by atoms with Crippen LogP contribution in [0.3, 0.4) is 0 Å². The Morgan fingerprint density at radius 3 is 2.71 bits per heavy atom. The zero-order valence-corrected chi connectivity index (χ0v) is 9.13. The molecular formula is C10H13NO2S. The molecule has 0 saturated heterocycles. The molecule has 3 nitrogen and oxygen atoms in total. The maximum Gasteiger partial charge on any atom is 0.272 e. The maximum absolute atomic E-state index is 10.7. The van der Waals surface area contributed by atoms with Gasteiger partial charge >= 0.3 is 0 Å². The highest BCUT2D eigenvalue weighted by molar-refractivity contribution is 8.12. The van der Waals surface area contributed by atoms with Crippen molar-refractivity contribution in [3.05, 3.63) is 39.4 Å². The number of nitro benzene ring substituents is 1. The van der Waals surface area contributed by atoms with E-state index in [-0.39, 0.29) is 21.1 Å². The van der Waals surface area contributed by atoms with Crippen molar-refractivity contribution in [1.82, 2.24) is 0 Å². The molecule has 0 aliphatic carbocycles. The van der Waals surface area contributed by atoms with Crippen molar-refractivity contribution < 1.29 is 4.92 Å². The smallest absolute Gasteiger partial charge is 0.258 e. The first-order valence-corrected chi connectivity index (χ1v) is 6.14. The summed E-state index contributed by atoms with van der Waals surface area (Å²) in [6.45, 7) is 1.75. The largest absolute Gasteiger partial charge is 0.272 e. The fraction of sp³-hybridized carbons (Fsp3) is 0.300. The van der Waals surface area contributed by atoms with Crippen LogP contribution in [0.4, 0.5) is 5.69 Å². The molecule has 0 saturated carbocycles. The number of aryl methyl sites for hydroxylation is 1. The summed E-state index contributed by atoms with van der Waals surface area (Å²) in [7, 11) is 0.0327. The predicted octanol–water partition coefficient (Wildman–Crippen LogP) is 2.73. The first-order chi connectivity index (χ1) is 6.50. The summed E-state index contributed by atoms with van der Waals surface area (Å²) in [5.41, 5.74) is 1.90. The van der Waals surface area contributed by atoms with Crippen molar-refractivity contribution >= 4 is 22.0 Å². The second-order valence-electron chi connectivity index (χ2n) is 3.30. The molecule has 1 atom stereocenters. The standard InChI is InChI=1S/C10H13NO2S/c1-8-4-5-9(7-14(2)3)6-10(8)11(12)13/h4-6H,2,7H2,1,3H3. The molecule has 0 aliphatic rings. The molecule has 0 amide bonds. The Morgan fingerprint density at radius 2 is 2.21 bits per heavy atom. The van der Waals surface area contributed by atoms with Gasteiger partial charge in [-0.3, -0.25) is 10.1 Å². The van der Waals surface area contributed by atoms with Crippen LogP contribution < -0.4 is 0 Å². The summed E-state index contributed by atoms with van der Waals surface area (Å²) in [4.78, 5) is 10.3. The van der Waals surface area contributed by atoms with E-state index in [1.807, 2.05) is 12.3 Å². The number of rotatable bonds is 3. The van der Waals surface area contributed by atoms with E-state index in [0.29, 0.717) is 5.56 Å². The van der Waals surface area contributed by atoms with Crippen molar-refractivity contribution in [3.63, 3.8) is 0 Å². The number of hydrogen-bond donors (Lipinski definition) is 0. The van der Waals surface area contributed by atoms with Crippen LogP contribution in [0, 0.1) is 17.0 Å². The van der Waals surface area contributed by atoms with E-state index in [2.05, 4.69) is 5.87 Å². The first-order valence-electron chi connectivity index (χ1n) is 4.17. The van der Waals surface area contributed by atoms with Crippen LogP contribution in [0.15, 0.2) is 18.2 Å². The lowest BCUT2D eigenvalue weighted by Gasteiger charge is -2.03. The third kappa shape index (κ3) is 2.67. The van der Waals surface area contributed by atoms with Gasteiger partial charge < -0.3 is 0 Å². The minimum Gasteiger partial charge on any atom is -0.258 e. The minimum atomic E-state index is -0.338. The van der Waals surface area contributed by atoms with Crippen LogP contribution >= 0.6 is 10.5 Å². The average Bonchev–Trinajstić information content (AvgIpc) is 2.07. The Morgan fingerprint density at radius 1 is 1.57 bits per heavy atom. The summed E-state index contributed by atoms with van der Waals surface area (Å²) in [5, 5.41) is 10.7. The van der Waals surface area contributed by atoms with E-state index >= 15 is 0 Å². The molecule has 4 heteroatoms. The highest BCUT2D eigenvalue weighted by Gasteiger charge is 2.10. The van der Waals surface area contributed by atoms with E-state index in [4.69, 9.17) is 0 Å². The molecule has 0 spiro atoms. The van der Waals surface area contributed by atoms with Crippen molar-refractivity contribution in [1.29, 1.82) is 0 Å². The van der Waals surface area contributed by atoms with Gasteiger partial charge in [0.2, 0.25) is 0 Å². The lowest BCUT2D eigenvalue weighted by atomic mass is 10.1. The zero-order valence-electron chi connectivity index (χ0n) is 8.32. The fourth-order valence-electron chi connectivity index (χ4n) is 1.23. The van der Waals surface area contributed by atoms with Gasteiger partial charge in [-0.25, -0.2) is 0 Å². The predicted molar refractivity (Wildman–Crippen MR) is 62.2 cm³/mol. The van der Waals surface area contributed by atoms with E-state index in [1.54, 1.807) is 19.1 Å². The third-order valence-corrected chi connectivity index (χ3v) is 2.71. The average molecular weight is 211 g/mol. The van der Waals surface area contributed by atoms with Gasteiger partial charge in [-0.2, -0.15) is 10.5 Å². The van der Waals surface area contributed by atoms with Gasteiger partial charge in [0.15, 0.2) is 0 Å². The van der Waals surface area contributed by atoms with Crippen molar-refractivity contribution in [3.8, 4) is 0 Å². The molecular weight excluding hydrogens is 198 g/mol. The lowest BCUT2D eigenvalue weighted by molar-refractivity contribution is -0.385. The summed E-state index contributed by atoms with van der Waals surface area (Å²) in [6, 6.07) is 5.36. The molecule has 0 radical (unpaired) electrons. The van der Waals surface area contributed by atoms with E-state index < -0.39 is 0 Å². The van der Waals surface area contributed by atoms with Crippen LogP contribution in [-0.2, 0) is 5.75 Å². The number of hydrogen-bond acceptors (Lipinski definition) is 2. The van der Waals surface area contributed by atoms with Crippen LogP contribution in [0.1, 0.15) is 11.1 Å². The second-order valence-corrected chi connectivity index (χ2v) is 5.16. The Kier molecular flexibility index (Phi) is 3.41. The van der Waals surface area contributed by atoms with Gasteiger partial charge in [-0.15, -0.1) is 0 Å². The van der Waals surface area contributed by atoms with E-state index in [9.17, 15) is 10.1 Å². The van der Waals surface area contributed by atoms with Gasteiger partial charge in [0.05, 0.1) is 4.92 Å². The summed E-state index contributed by atoms with van der Waals surface area (Å²) < 4.78 is 0. The number of nitro groups is 1. The molecule has 14 heavy (non-hydrogen) atoms. The number of benzene rings is 1. The monoisotopic (exact) mass is 211 g/mol. The van der Waals surface area contributed by atoms with E-state index in [0.717, 1.165) is 11.3 Å². The summed E-state index contributed by atoms with van der Waals surface area (Å²) >= 11 is 0. The normalized spacial score (nSPS) is 12.4. The Bertz CT molecular complexity index is 388. The molecule has 0 bridgehead atoms. The van der Waals surface area contributed by atoms with Crippen LogP contribution in [0.2, 0.25) is 0 Å². The third-order valence-electron chi connectivity index (χ3n) is 1.88. The molecule has 1 unspecified atom stereocenters. The van der Waals surface area contributed by atoms with Crippen molar-refractivity contribution in [2.75, 3.05) is 6.26 Å². The Labute approximate surface area is 85.8 Å². The van der Waals surface area contributed by atoms with Gasteiger partial charge in [-0.05, 0) is 18.7 Å². The highest BCUT2D eigenvalue weighted by atomic mass is 32.2. The molecule has 0 fully saturated rings. The summed E-state index contributed by atoms with van der Waals surface area (Å²) in [5.74, 6) is 4.70. The van der Waals surface area contributed by atoms with Gasteiger partial charge in [0.25, 0.3) is 5.69 Å². The zero-order chi connectivity index (χ0) is 10.7. The van der Waals surface area contributed by atoms with Gasteiger partial charge in [0, 0.05) is 17.4 Å². The quantitative estimate of drug-likeness (QED) is 0.438. The topological polar surface area (TPSA) is 43.1 Å². The van der Waals surface area contributed by atoms with Crippen molar-refractivity contribution in [2.24, 2.45) is 0 Å². The number of nitrogens with zero attached hydrogens (tertiary/aromatic N) is 1. The van der Waals surface area contributed by atoms with Crippen LogP contribution in [-0.4, -0.2) is 17.0 Å². The van der Waals surface area contributed by atoms with Crippen molar-refractivity contribution in [2.45, 2.75) is 12.7 Å². The molecule has 76 valence electrons. The van der Waals surface area contributed by atoms with Gasteiger partial charge in [-0.1, -0.05) is 18.0 Å². The van der Waals surface area contributed by atoms with E-state index in [1.165, 1.54) is 0 Å². The highest BCUT2D eigenvalue weighted by Crippen LogP contribution is 2.22. The molecule has 0 aliphatic heterocycles. The SMILES string of the molecule is C=S(C)Cc1ccc(C)c([N+](=O)[O-])c1. The first kappa shape index (κ1) is 10.9. The fourth-order valence-corrected chi connectivity index (χ4v) is 1.97. The Balaban J connectivity index is 3.06. The molecule has 0 N–H and O–H groups in total. The molecule has 1 rings (SSSR count). The molecule has 0 heterocycles.